The number of halogens is 1. The van der Waals surface area contributed by atoms with E-state index in [4.69, 9.17) is 4.74 Å². The van der Waals surface area contributed by atoms with Crippen molar-refractivity contribution < 1.29 is 18.7 Å². The Balaban J connectivity index is 2.02. The average Bonchev–Trinajstić information content (AvgIpc) is 3.08. The number of fused-ring (bicyclic) bond motifs is 1. The Bertz CT molecular complexity index is 971. The number of benzene rings is 1. The van der Waals surface area contributed by atoms with E-state index in [0.717, 1.165) is 6.42 Å². The quantitative estimate of drug-likeness (QED) is 0.618. The number of nitrogens with zero attached hydrogens (tertiary/aromatic N) is 2. The lowest BCUT2D eigenvalue weighted by Gasteiger charge is -2.36. The number of ether oxygens (including phenoxy) is 1. The zero-order valence-electron chi connectivity index (χ0n) is 18.4. The SMILES string of the molecule is CC[C@H](C)NC(=O)CC1=CSC2=NC(C)=C(C(=O)OC(C)C)[C@@H](c3ccccc3F)N12. The molecule has 0 aliphatic carbocycles. The van der Waals surface area contributed by atoms with Gasteiger partial charge in [-0.2, -0.15) is 0 Å². The molecule has 0 spiro atoms. The van der Waals surface area contributed by atoms with Gasteiger partial charge in [-0.1, -0.05) is 36.9 Å². The van der Waals surface area contributed by atoms with E-state index < -0.39 is 17.8 Å². The maximum absolute atomic E-state index is 14.9. The second-order valence-corrected chi connectivity index (χ2v) is 8.76. The number of amidine groups is 1. The molecule has 0 radical (unpaired) electrons. The molecule has 1 amide bonds. The molecule has 1 aromatic rings. The molecule has 2 atom stereocenters. The van der Waals surface area contributed by atoms with E-state index in [1.807, 2.05) is 19.3 Å². The van der Waals surface area contributed by atoms with Crippen LogP contribution in [0.3, 0.4) is 0 Å². The summed E-state index contributed by atoms with van der Waals surface area (Å²) in [7, 11) is 0. The third-order valence-corrected chi connectivity index (χ3v) is 6.01. The third kappa shape index (κ3) is 5.01. The molecule has 0 aromatic heterocycles. The normalized spacial score (nSPS) is 19.1. The number of thioether (sulfide) groups is 1. The molecule has 0 fully saturated rings. The van der Waals surface area contributed by atoms with Crippen molar-refractivity contribution in [3.63, 3.8) is 0 Å². The first-order chi connectivity index (χ1) is 14.7. The average molecular weight is 446 g/mol. The molecule has 6 nitrogen and oxygen atoms in total. The highest BCUT2D eigenvalue weighted by atomic mass is 32.2. The van der Waals surface area contributed by atoms with Gasteiger partial charge in [-0.25, -0.2) is 14.2 Å². The van der Waals surface area contributed by atoms with E-state index in [0.29, 0.717) is 22.1 Å². The Labute approximate surface area is 186 Å². The number of hydrogen-bond acceptors (Lipinski definition) is 6. The number of allylic oxidation sites excluding steroid dienone is 1. The summed E-state index contributed by atoms with van der Waals surface area (Å²) in [6.45, 7) is 9.19. The number of carbonyl (C=O) groups is 2. The summed E-state index contributed by atoms with van der Waals surface area (Å²) in [6.07, 6.45) is 0.595. The van der Waals surface area contributed by atoms with E-state index in [1.54, 1.807) is 43.9 Å². The molecule has 1 N–H and O–H groups in total. The molecule has 2 aliphatic heterocycles. The van der Waals surface area contributed by atoms with Crippen LogP contribution in [0.4, 0.5) is 4.39 Å². The standard InChI is InChI=1S/C23H28FN3O3S/c1-6-14(4)25-19(28)11-16-12-31-23-26-15(5)20(22(29)30-13(2)3)21(27(16)23)17-9-7-8-10-18(17)24/h7-10,12-14,21H,6,11H2,1-5H3,(H,25,28)/t14-,21+/m0/s1. The predicted octanol–water partition coefficient (Wildman–Crippen LogP) is 4.66. The molecule has 1 aromatic carbocycles. The van der Waals surface area contributed by atoms with Gasteiger partial charge in [0.05, 0.1) is 29.8 Å². The molecule has 0 saturated carbocycles. The third-order valence-electron chi connectivity index (χ3n) is 5.12. The monoisotopic (exact) mass is 445 g/mol. The highest BCUT2D eigenvalue weighted by molar-refractivity contribution is 8.16. The maximum Gasteiger partial charge on any atom is 0.338 e. The second kappa shape index (κ2) is 9.68. The van der Waals surface area contributed by atoms with Crippen molar-refractivity contribution in [1.82, 2.24) is 10.2 Å². The summed E-state index contributed by atoms with van der Waals surface area (Å²) in [5.74, 6) is -1.10. The second-order valence-electron chi connectivity index (χ2n) is 7.92. The van der Waals surface area contributed by atoms with Crippen LogP contribution >= 0.6 is 11.8 Å². The van der Waals surface area contributed by atoms with Gasteiger partial charge >= 0.3 is 5.97 Å². The molecule has 3 rings (SSSR count). The van der Waals surface area contributed by atoms with Crippen molar-refractivity contribution in [2.75, 3.05) is 0 Å². The lowest BCUT2D eigenvalue weighted by Crippen LogP contribution is -2.39. The van der Waals surface area contributed by atoms with Gasteiger partial charge < -0.3 is 15.0 Å². The Kier molecular flexibility index (Phi) is 7.20. The van der Waals surface area contributed by atoms with Crippen LogP contribution in [0.15, 0.2) is 51.6 Å². The number of amides is 1. The first-order valence-corrected chi connectivity index (χ1v) is 11.3. The highest BCUT2D eigenvalue weighted by Crippen LogP contribution is 2.45. The lowest BCUT2D eigenvalue weighted by atomic mass is 9.93. The molecular formula is C23H28FN3O3S. The van der Waals surface area contributed by atoms with Gasteiger partial charge in [-0.3, -0.25) is 4.79 Å². The van der Waals surface area contributed by atoms with E-state index in [-0.39, 0.29) is 30.0 Å². The van der Waals surface area contributed by atoms with E-state index in [9.17, 15) is 14.0 Å². The van der Waals surface area contributed by atoms with Crippen LogP contribution in [-0.4, -0.2) is 34.1 Å². The van der Waals surface area contributed by atoms with Crippen molar-refractivity contribution in [2.24, 2.45) is 4.99 Å². The van der Waals surface area contributed by atoms with Gasteiger partial charge in [0.15, 0.2) is 5.17 Å². The number of carbonyl (C=O) groups excluding carboxylic acids is 2. The zero-order valence-corrected chi connectivity index (χ0v) is 19.3. The lowest BCUT2D eigenvalue weighted by molar-refractivity contribution is -0.143. The van der Waals surface area contributed by atoms with Crippen LogP contribution < -0.4 is 5.32 Å². The number of hydrogen-bond donors (Lipinski definition) is 1. The molecule has 0 unspecified atom stereocenters. The van der Waals surface area contributed by atoms with Crippen LogP contribution in [-0.2, 0) is 14.3 Å². The summed E-state index contributed by atoms with van der Waals surface area (Å²) in [5.41, 5.74) is 1.76. The molecule has 0 saturated heterocycles. The molecule has 2 aliphatic rings. The molecule has 166 valence electrons. The van der Waals surface area contributed by atoms with Gasteiger partial charge in [0.25, 0.3) is 0 Å². The van der Waals surface area contributed by atoms with Gasteiger partial charge in [0.1, 0.15) is 5.82 Å². The van der Waals surface area contributed by atoms with Crippen LogP contribution in [0.1, 0.15) is 59.1 Å². The molecule has 2 heterocycles. The van der Waals surface area contributed by atoms with Gasteiger partial charge in [-0.05, 0) is 45.6 Å². The van der Waals surface area contributed by atoms with Crippen molar-refractivity contribution in [1.29, 1.82) is 0 Å². The van der Waals surface area contributed by atoms with Crippen molar-refractivity contribution >= 4 is 28.8 Å². The molecule has 31 heavy (non-hydrogen) atoms. The summed E-state index contributed by atoms with van der Waals surface area (Å²) in [4.78, 5) is 31.9. The predicted molar refractivity (Wildman–Crippen MR) is 121 cm³/mol. The molecule has 0 bridgehead atoms. The Hall–Kier alpha value is -2.61. The molecule has 8 heteroatoms. The van der Waals surface area contributed by atoms with Gasteiger partial charge in [0, 0.05) is 17.3 Å². The van der Waals surface area contributed by atoms with Crippen LogP contribution in [0.2, 0.25) is 0 Å². The minimum Gasteiger partial charge on any atom is -0.459 e. The van der Waals surface area contributed by atoms with Crippen molar-refractivity contribution in [3.05, 3.63) is 58.0 Å². The summed E-state index contributed by atoms with van der Waals surface area (Å²) >= 11 is 1.36. The van der Waals surface area contributed by atoms with E-state index in [1.165, 1.54) is 17.8 Å². The Morgan fingerprint density at radius 2 is 2.00 bits per heavy atom. The van der Waals surface area contributed by atoms with Crippen LogP contribution in [0.25, 0.3) is 0 Å². The maximum atomic E-state index is 14.9. The first kappa shape index (κ1) is 23.1. The largest absolute Gasteiger partial charge is 0.459 e. The fraction of sp³-hybridized carbons (Fsp3) is 0.435. The molecular weight excluding hydrogens is 417 g/mol. The van der Waals surface area contributed by atoms with Crippen molar-refractivity contribution in [3.8, 4) is 0 Å². The Morgan fingerprint density at radius 3 is 2.65 bits per heavy atom. The fourth-order valence-electron chi connectivity index (χ4n) is 3.49. The van der Waals surface area contributed by atoms with E-state index in [2.05, 4.69) is 10.3 Å². The Morgan fingerprint density at radius 1 is 1.29 bits per heavy atom. The fourth-order valence-corrected chi connectivity index (χ4v) is 4.46. The summed E-state index contributed by atoms with van der Waals surface area (Å²) < 4.78 is 20.4. The number of rotatable bonds is 7. The number of aliphatic imine (C=N–C) groups is 1. The minimum absolute atomic E-state index is 0.0535. The van der Waals surface area contributed by atoms with Gasteiger partial charge in [0.2, 0.25) is 5.91 Å². The van der Waals surface area contributed by atoms with Gasteiger partial charge in [-0.15, -0.1) is 0 Å². The number of esters is 1. The van der Waals surface area contributed by atoms with E-state index >= 15 is 0 Å². The first-order valence-electron chi connectivity index (χ1n) is 10.4. The summed E-state index contributed by atoms with van der Waals surface area (Å²) in [5, 5.41) is 5.40. The topological polar surface area (TPSA) is 71.0 Å². The zero-order chi connectivity index (χ0) is 22.7. The highest BCUT2D eigenvalue weighted by Gasteiger charge is 2.42. The van der Waals surface area contributed by atoms with Crippen molar-refractivity contribution in [2.45, 2.75) is 65.6 Å². The summed E-state index contributed by atoms with van der Waals surface area (Å²) in [6, 6.07) is 5.64. The smallest absolute Gasteiger partial charge is 0.338 e. The van der Waals surface area contributed by atoms with Crippen LogP contribution in [0, 0.1) is 5.82 Å². The minimum atomic E-state index is -0.766. The van der Waals surface area contributed by atoms with Crippen LogP contribution in [0.5, 0.6) is 0 Å². The number of nitrogens with one attached hydrogen (secondary N) is 1.